The van der Waals surface area contributed by atoms with E-state index in [-0.39, 0.29) is 18.2 Å². The lowest BCUT2D eigenvalue weighted by Crippen LogP contribution is -2.32. The maximum atomic E-state index is 13.3. The normalized spacial score (nSPS) is 19.4. The largest absolute Gasteiger partial charge is 0.315 e. The lowest BCUT2D eigenvalue weighted by molar-refractivity contribution is 0.248. The van der Waals surface area contributed by atoms with Crippen LogP contribution in [0.1, 0.15) is 12.0 Å². The van der Waals surface area contributed by atoms with Crippen molar-refractivity contribution >= 4 is 28.3 Å². The van der Waals surface area contributed by atoms with Crippen molar-refractivity contribution in [1.82, 2.24) is 10.2 Å². The van der Waals surface area contributed by atoms with E-state index in [9.17, 15) is 4.39 Å². The van der Waals surface area contributed by atoms with Crippen LogP contribution < -0.4 is 5.32 Å². The number of nitrogens with zero attached hydrogens (tertiary/aromatic N) is 1. The molecule has 1 aliphatic rings. The second-order valence-electron chi connectivity index (χ2n) is 4.31. The van der Waals surface area contributed by atoms with E-state index in [0.717, 1.165) is 25.2 Å². The zero-order valence-electron chi connectivity index (χ0n) is 9.75. The molecule has 0 spiro atoms. The van der Waals surface area contributed by atoms with Gasteiger partial charge in [0.15, 0.2) is 0 Å². The minimum atomic E-state index is -0.185. The zero-order valence-corrected chi connectivity index (χ0v) is 12.2. The van der Waals surface area contributed by atoms with Crippen molar-refractivity contribution in [2.75, 3.05) is 20.1 Å². The molecule has 1 aliphatic heterocycles. The molecule has 1 unspecified atom stereocenters. The first-order chi connectivity index (χ1) is 7.66. The molecule has 1 saturated heterocycles. The van der Waals surface area contributed by atoms with Crippen LogP contribution in [0.5, 0.6) is 0 Å². The van der Waals surface area contributed by atoms with E-state index in [1.807, 2.05) is 6.07 Å². The number of benzene rings is 1. The van der Waals surface area contributed by atoms with Gasteiger partial charge in [-0.3, -0.25) is 4.90 Å². The molecule has 0 aliphatic carbocycles. The van der Waals surface area contributed by atoms with Crippen LogP contribution >= 0.6 is 28.3 Å². The summed E-state index contributed by atoms with van der Waals surface area (Å²) in [7, 11) is 2.09. The van der Waals surface area contributed by atoms with Gasteiger partial charge in [-0.1, -0.05) is 6.07 Å². The second kappa shape index (κ2) is 6.69. The molecule has 1 atom stereocenters. The predicted molar refractivity (Wildman–Crippen MR) is 74.1 cm³/mol. The first-order valence-corrected chi connectivity index (χ1v) is 6.31. The summed E-state index contributed by atoms with van der Waals surface area (Å²) in [4.78, 5) is 2.28. The molecule has 5 heteroatoms. The Hall–Kier alpha value is -0.160. The summed E-state index contributed by atoms with van der Waals surface area (Å²) < 4.78 is 13.9. The zero-order chi connectivity index (χ0) is 11.5. The molecular formula is C12H17BrClFN2. The molecule has 1 heterocycles. The first kappa shape index (κ1) is 14.9. The fourth-order valence-corrected chi connectivity index (χ4v) is 2.32. The third-order valence-electron chi connectivity index (χ3n) is 3.07. The third kappa shape index (κ3) is 3.91. The van der Waals surface area contributed by atoms with Crippen molar-refractivity contribution < 1.29 is 4.39 Å². The van der Waals surface area contributed by atoms with Crippen LogP contribution in [-0.2, 0) is 6.54 Å². The number of hydrogen-bond acceptors (Lipinski definition) is 2. The highest BCUT2D eigenvalue weighted by Gasteiger charge is 2.19. The maximum absolute atomic E-state index is 13.3. The average molecular weight is 324 g/mol. The van der Waals surface area contributed by atoms with Crippen LogP contribution in [0, 0.1) is 5.82 Å². The van der Waals surface area contributed by atoms with Gasteiger partial charge in [-0.25, -0.2) is 4.39 Å². The van der Waals surface area contributed by atoms with Gasteiger partial charge in [0.25, 0.3) is 0 Å². The second-order valence-corrected chi connectivity index (χ2v) is 5.16. The van der Waals surface area contributed by atoms with Gasteiger partial charge in [0, 0.05) is 19.1 Å². The van der Waals surface area contributed by atoms with Crippen LogP contribution in [0.25, 0.3) is 0 Å². The molecule has 0 radical (unpaired) electrons. The van der Waals surface area contributed by atoms with Crippen LogP contribution in [0.4, 0.5) is 4.39 Å². The number of hydrogen-bond donors (Lipinski definition) is 1. The SMILES string of the molecule is CN(Cc1ccc(Br)c(F)c1)C1CCNC1.Cl. The number of likely N-dealkylation sites (N-methyl/N-ethyl adjacent to an activating group) is 1. The Morgan fingerprint density at radius 2 is 2.29 bits per heavy atom. The van der Waals surface area contributed by atoms with E-state index in [4.69, 9.17) is 0 Å². The minimum absolute atomic E-state index is 0. The van der Waals surface area contributed by atoms with Gasteiger partial charge in [-0.2, -0.15) is 0 Å². The summed E-state index contributed by atoms with van der Waals surface area (Å²) >= 11 is 3.16. The highest BCUT2D eigenvalue weighted by Crippen LogP contribution is 2.18. The Labute approximate surface area is 116 Å². The van der Waals surface area contributed by atoms with Crippen molar-refractivity contribution in [1.29, 1.82) is 0 Å². The molecule has 17 heavy (non-hydrogen) atoms. The van der Waals surface area contributed by atoms with E-state index in [2.05, 4.69) is 33.2 Å². The van der Waals surface area contributed by atoms with Crippen molar-refractivity contribution in [3.63, 3.8) is 0 Å². The molecule has 1 N–H and O–H groups in total. The Bertz CT molecular complexity index is 370. The van der Waals surface area contributed by atoms with Gasteiger partial charge >= 0.3 is 0 Å². The molecule has 96 valence electrons. The fraction of sp³-hybridized carbons (Fsp3) is 0.500. The molecule has 0 amide bonds. The number of rotatable bonds is 3. The van der Waals surface area contributed by atoms with E-state index in [0.29, 0.717) is 10.5 Å². The Balaban J connectivity index is 0.00000144. The van der Waals surface area contributed by atoms with Gasteiger partial charge in [0.1, 0.15) is 5.82 Å². The fourth-order valence-electron chi connectivity index (χ4n) is 2.07. The summed E-state index contributed by atoms with van der Waals surface area (Å²) in [6.07, 6.45) is 1.18. The van der Waals surface area contributed by atoms with Crippen LogP contribution in [0.15, 0.2) is 22.7 Å². The minimum Gasteiger partial charge on any atom is -0.315 e. The monoisotopic (exact) mass is 322 g/mol. The molecule has 1 aromatic rings. The lowest BCUT2D eigenvalue weighted by atomic mass is 10.1. The number of halogens is 3. The standard InChI is InChI=1S/C12H16BrFN2.ClH/c1-16(10-4-5-15-7-10)8-9-2-3-11(13)12(14)6-9;/h2-3,6,10,15H,4-5,7-8H2,1H3;1H. The van der Waals surface area contributed by atoms with Crippen molar-refractivity contribution in [3.05, 3.63) is 34.1 Å². The van der Waals surface area contributed by atoms with Gasteiger partial charge < -0.3 is 5.32 Å². The van der Waals surface area contributed by atoms with Gasteiger partial charge in [-0.15, -0.1) is 12.4 Å². The average Bonchev–Trinajstić information content (AvgIpc) is 2.77. The topological polar surface area (TPSA) is 15.3 Å². The molecule has 0 saturated carbocycles. The first-order valence-electron chi connectivity index (χ1n) is 5.51. The summed E-state index contributed by atoms with van der Waals surface area (Å²) in [5.41, 5.74) is 1.02. The van der Waals surface area contributed by atoms with E-state index in [1.54, 1.807) is 12.1 Å². The van der Waals surface area contributed by atoms with Gasteiger partial charge in [-0.05, 0) is 53.6 Å². The van der Waals surface area contributed by atoms with E-state index < -0.39 is 0 Å². The smallest absolute Gasteiger partial charge is 0.137 e. The third-order valence-corrected chi connectivity index (χ3v) is 3.72. The van der Waals surface area contributed by atoms with E-state index >= 15 is 0 Å². The predicted octanol–water partition coefficient (Wildman–Crippen LogP) is 2.80. The maximum Gasteiger partial charge on any atom is 0.137 e. The molecule has 2 nitrogen and oxygen atoms in total. The summed E-state index contributed by atoms with van der Waals surface area (Å²) in [6.45, 7) is 2.93. The summed E-state index contributed by atoms with van der Waals surface area (Å²) in [5, 5.41) is 3.34. The van der Waals surface area contributed by atoms with Crippen LogP contribution in [0.3, 0.4) is 0 Å². The Morgan fingerprint density at radius 1 is 1.53 bits per heavy atom. The highest BCUT2D eigenvalue weighted by molar-refractivity contribution is 9.10. The molecule has 1 aromatic carbocycles. The summed E-state index contributed by atoms with van der Waals surface area (Å²) in [5.74, 6) is -0.185. The van der Waals surface area contributed by atoms with Crippen LogP contribution in [0.2, 0.25) is 0 Å². The highest BCUT2D eigenvalue weighted by atomic mass is 79.9. The molecule has 0 bridgehead atoms. The van der Waals surface area contributed by atoms with Crippen LogP contribution in [-0.4, -0.2) is 31.1 Å². The lowest BCUT2D eigenvalue weighted by Gasteiger charge is -2.23. The molecule has 0 aromatic heterocycles. The van der Waals surface area contributed by atoms with Crippen molar-refractivity contribution in [2.24, 2.45) is 0 Å². The van der Waals surface area contributed by atoms with E-state index in [1.165, 1.54) is 6.42 Å². The molecule has 2 rings (SSSR count). The molecular weight excluding hydrogens is 307 g/mol. The van der Waals surface area contributed by atoms with Crippen molar-refractivity contribution in [3.8, 4) is 0 Å². The Kier molecular flexibility index (Phi) is 5.86. The molecule has 1 fully saturated rings. The quantitative estimate of drug-likeness (QED) is 0.920. The number of nitrogens with one attached hydrogen (secondary N) is 1. The van der Waals surface area contributed by atoms with Crippen molar-refractivity contribution in [2.45, 2.75) is 19.0 Å². The Morgan fingerprint density at radius 3 is 2.88 bits per heavy atom. The van der Waals surface area contributed by atoms with Gasteiger partial charge in [0.05, 0.1) is 4.47 Å². The summed E-state index contributed by atoms with van der Waals surface area (Å²) in [6, 6.07) is 5.91. The van der Waals surface area contributed by atoms with Gasteiger partial charge in [0.2, 0.25) is 0 Å².